The van der Waals surface area contributed by atoms with Crippen molar-refractivity contribution in [1.82, 2.24) is 9.55 Å². The van der Waals surface area contributed by atoms with Gasteiger partial charge in [0.25, 0.3) is 5.56 Å². The first-order chi connectivity index (χ1) is 7.63. The van der Waals surface area contributed by atoms with Crippen molar-refractivity contribution < 1.29 is 0 Å². The second-order valence-corrected chi connectivity index (χ2v) is 5.36. The van der Waals surface area contributed by atoms with Gasteiger partial charge in [-0.3, -0.25) is 14.3 Å². The van der Waals surface area contributed by atoms with Gasteiger partial charge in [0.15, 0.2) is 0 Å². The van der Waals surface area contributed by atoms with Crippen molar-refractivity contribution in [2.45, 2.75) is 11.8 Å². The zero-order chi connectivity index (χ0) is 11.7. The average molecular weight is 274 g/mol. The second-order valence-electron chi connectivity index (χ2n) is 3.35. The molecule has 0 aromatic carbocycles. The van der Waals surface area contributed by atoms with Crippen LogP contribution in [0.4, 0.5) is 0 Å². The largest absolute Gasteiger partial charge is 0.329 e. The molecule has 16 heavy (non-hydrogen) atoms. The Morgan fingerprint density at radius 3 is 2.94 bits per heavy atom. The maximum Gasteiger partial charge on any atom is 0.329 e. The Hall–Kier alpha value is -0.660. The lowest BCUT2D eigenvalue weighted by molar-refractivity contribution is 0.640. The van der Waals surface area contributed by atoms with Gasteiger partial charge >= 0.3 is 5.69 Å². The van der Waals surface area contributed by atoms with Crippen LogP contribution < -0.4 is 11.2 Å². The fourth-order valence-corrected chi connectivity index (χ4v) is 2.46. The molecule has 2 aromatic rings. The molecular formula is C9H10N2O2S3. The van der Waals surface area contributed by atoms with Crippen molar-refractivity contribution in [2.24, 2.45) is 0 Å². The van der Waals surface area contributed by atoms with E-state index in [1.165, 1.54) is 15.9 Å². The van der Waals surface area contributed by atoms with Crippen molar-refractivity contribution >= 4 is 46.8 Å². The van der Waals surface area contributed by atoms with Crippen molar-refractivity contribution in [1.29, 1.82) is 0 Å². The summed E-state index contributed by atoms with van der Waals surface area (Å²) in [6, 6.07) is 1.71. The molecule has 0 saturated carbocycles. The summed E-state index contributed by atoms with van der Waals surface area (Å²) in [5.41, 5.74) is -0.651. The van der Waals surface area contributed by atoms with E-state index < -0.39 is 0 Å². The van der Waals surface area contributed by atoms with Crippen LogP contribution in [-0.4, -0.2) is 20.6 Å². The van der Waals surface area contributed by atoms with E-state index in [1.54, 1.807) is 11.4 Å². The molecule has 2 aromatic heterocycles. The van der Waals surface area contributed by atoms with Gasteiger partial charge in [0.2, 0.25) is 0 Å². The van der Waals surface area contributed by atoms with E-state index in [0.717, 1.165) is 0 Å². The van der Waals surface area contributed by atoms with Gasteiger partial charge in [-0.2, -0.15) is 25.3 Å². The predicted molar refractivity (Wildman–Crippen MR) is 73.3 cm³/mol. The first kappa shape index (κ1) is 11.8. The number of nitrogens with zero attached hydrogens (tertiary/aromatic N) is 1. The molecule has 4 nitrogen and oxygen atoms in total. The van der Waals surface area contributed by atoms with Crippen molar-refractivity contribution in [3.8, 4) is 0 Å². The Labute approximate surface area is 106 Å². The molecule has 0 bridgehead atoms. The molecule has 7 heteroatoms. The van der Waals surface area contributed by atoms with Crippen LogP contribution in [0.15, 0.2) is 21.0 Å². The molecule has 0 aliphatic heterocycles. The highest BCUT2D eigenvalue weighted by atomic mass is 32.1. The monoisotopic (exact) mass is 274 g/mol. The Morgan fingerprint density at radius 1 is 1.50 bits per heavy atom. The summed E-state index contributed by atoms with van der Waals surface area (Å²) in [7, 11) is 0. The first-order valence-corrected chi connectivity index (χ1v) is 6.65. The number of H-pyrrole nitrogens is 1. The summed E-state index contributed by atoms with van der Waals surface area (Å²) in [5, 5.41) is 2.21. The summed E-state index contributed by atoms with van der Waals surface area (Å²) >= 11 is 9.65. The van der Waals surface area contributed by atoms with Crippen LogP contribution in [0.1, 0.15) is 0 Å². The molecule has 0 saturated heterocycles. The van der Waals surface area contributed by atoms with Crippen LogP contribution in [0.3, 0.4) is 0 Å². The molecule has 1 unspecified atom stereocenters. The van der Waals surface area contributed by atoms with Crippen molar-refractivity contribution in [3.05, 3.63) is 32.3 Å². The standard InChI is InChI=1S/C9H10N2O2S3/c12-8-6-1-2-16-7(6)10-9(13)11(8)3-5(15)4-14/h1-2,5,14-15H,3-4H2,(H,10,13). The summed E-state index contributed by atoms with van der Waals surface area (Å²) in [6.45, 7) is 0.270. The molecule has 0 aliphatic rings. The molecule has 0 radical (unpaired) electrons. The van der Waals surface area contributed by atoms with Crippen LogP contribution in [0, 0.1) is 0 Å². The second kappa shape index (κ2) is 4.68. The molecule has 0 amide bonds. The van der Waals surface area contributed by atoms with Gasteiger partial charge in [-0.15, -0.1) is 11.3 Å². The summed E-state index contributed by atoms with van der Waals surface area (Å²) in [5.74, 6) is 0.511. The average Bonchev–Trinajstić information content (AvgIpc) is 2.71. The Balaban J connectivity index is 2.60. The molecule has 0 fully saturated rings. The van der Waals surface area contributed by atoms with E-state index in [9.17, 15) is 9.59 Å². The topological polar surface area (TPSA) is 54.9 Å². The van der Waals surface area contributed by atoms with E-state index in [2.05, 4.69) is 30.2 Å². The van der Waals surface area contributed by atoms with E-state index in [1.807, 2.05) is 0 Å². The fourth-order valence-electron chi connectivity index (χ4n) is 1.41. The normalized spacial score (nSPS) is 13.1. The number of aromatic nitrogens is 2. The number of thiophene rings is 1. The van der Waals surface area contributed by atoms with Crippen LogP contribution in [-0.2, 0) is 6.54 Å². The van der Waals surface area contributed by atoms with Crippen LogP contribution in [0.25, 0.3) is 10.2 Å². The Morgan fingerprint density at radius 2 is 2.25 bits per heavy atom. The van der Waals surface area contributed by atoms with Gasteiger partial charge in [-0.05, 0) is 11.4 Å². The minimum Gasteiger partial charge on any atom is -0.298 e. The molecular weight excluding hydrogens is 264 g/mol. The van der Waals surface area contributed by atoms with E-state index in [0.29, 0.717) is 16.0 Å². The first-order valence-electron chi connectivity index (χ1n) is 4.62. The lowest BCUT2D eigenvalue weighted by Gasteiger charge is -2.08. The van der Waals surface area contributed by atoms with Crippen LogP contribution in [0.2, 0.25) is 0 Å². The Bertz CT molecular complexity index is 613. The van der Waals surface area contributed by atoms with Gasteiger partial charge in [0.05, 0.1) is 5.39 Å². The van der Waals surface area contributed by atoms with Crippen molar-refractivity contribution in [3.63, 3.8) is 0 Å². The van der Waals surface area contributed by atoms with Crippen LogP contribution >= 0.6 is 36.6 Å². The van der Waals surface area contributed by atoms with Crippen molar-refractivity contribution in [2.75, 3.05) is 5.75 Å². The number of nitrogens with one attached hydrogen (secondary N) is 1. The molecule has 1 atom stereocenters. The quantitative estimate of drug-likeness (QED) is 0.731. The predicted octanol–water partition coefficient (Wildman–Crippen LogP) is 0.979. The SMILES string of the molecule is O=c1[nH]c2sccc2c(=O)n1CC(S)CS. The number of thiol groups is 2. The van der Waals surface area contributed by atoms with Gasteiger partial charge in [0, 0.05) is 17.5 Å². The Kier molecular flexibility index (Phi) is 3.46. The molecule has 0 spiro atoms. The lowest BCUT2D eigenvalue weighted by Crippen LogP contribution is -2.37. The number of fused-ring (bicyclic) bond motifs is 1. The van der Waals surface area contributed by atoms with Gasteiger partial charge in [-0.1, -0.05) is 0 Å². The summed E-state index contributed by atoms with van der Waals surface area (Å²) in [4.78, 5) is 26.9. The van der Waals surface area contributed by atoms with E-state index in [4.69, 9.17) is 0 Å². The smallest absolute Gasteiger partial charge is 0.298 e. The maximum atomic E-state index is 12.0. The molecule has 2 rings (SSSR count). The number of rotatable bonds is 3. The number of hydrogen-bond acceptors (Lipinski definition) is 5. The van der Waals surface area contributed by atoms with E-state index >= 15 is 0 Å². The molecule has 86 valence electrons. The highest BCUT2D eigenvalue weighted by Crippen LogP contribution is 2.12. The minimum absolute atomic E-state index is 0.113. The molecule has 1 N–H and O–H groups in total. The lowest BCUT2D eigenvalue weighted by atomic mass is 10.4. The highest BCUT2D eigenvalue weighted by molar-refractivity contribution is 7.84. The minimum atomic E-state index is -0.388. The molecule has 2 heterocycles. The third kappa shape index (κ3) is 2.07. The third-order valence-electron chi connectivity index (χ3n) is 2.21. The molecule has 0 aliphatic carbocycles. The number of aromatic amines is 1. The zero-order valence-electron chi connectivity index (χ0n) is 8.21. The van der Waals surface area contributed by atoms with E-state index in [-0.39, 0.29) is 23.0 Å². The number of hydrogen-bond donors (Lipinski definition) is 3. The van der Waals surface area contributed by atoms with Crippen LogP contribution in [0.5, 0.6) is 0 Å². The fraction of sp³-hybridized carbons (Fsp3) is 0.333. The van der Waals surface area contributed by atoms with Gasteiger partial charge in [-0.25, -0.2) is 4.79 Å². The zero-order valence-corrected chi connectivity index (χ0v) is 10.8. The van der Waals surface area contributed by atoms with Gasteiger partial charge in [0.1, 0.15) is 4.83 Å². The third-order valence-corrected chi connectivity index (χ3v) is 4.12. The maximum absolute atomic E-state index is 12.0. The van der Waals surface area contributed by atoms with Gasteiger partial charge < -0.3 is 0 Å². The summed E-state index contributed by atoms with van der Waals surface area (Å²) < 4.78 is 1.17. The highest BCUT2D eigenvalue weighted by Gasteiger charge is 2.10. The summed E-state index contributed by atoms with van der Waals surface area (Å²) in [6.07, 6.45) is 0.